The number of carbonyl (C=O) groups excluding carboxylic acids is 2. The summed E-state index contributed by atoms with van der Waals surface area (Å²) in [7, 11) is 1.52. The van der Waals surface area contributed by atoms with Gasteiger partial charge in [-0.15, -0.1) is 0 Å². The van der Waals surface area contributed by atoms with Crippen LogP contribution >= 0.6 is 0 Å². The molecule has 0 radical (unpaired) electrons. The van der Waals surface area contributed by atoms with Crippen molar-refractivity contribution in [1.29, 1.82) is 0 Å². The van der Waals surface area contributed by atoms with Gasteiger partial charge in [0.15, 0.2) is 0 Å². The molecule has 0 heterocycles. The lowest BCUT2D eigenvalue weighted by atomic mass is 9.33. The van der Waals surface area contributed by atoms with Crippen LogP contribution in [0.2, 0.25) is 0 Å². The molecule has 9 atom stereocenters. The highest BCUT2D eigenvalue weighted by Crippen LogP contribution is 2.74. The Morgan fingerprint density at radius 2 is 1.90 bits per heavy atom. The molecule has 31 heavy (non-hydrogen) atoms. The van der Waals surface area contributed by atoms with Crippen molar-refractivity contribution < 1.29 is 19.4 Å². The summed E-state index contributed by atoms with van der Waals surface area (Å²) in [5.74, 6) is 1.85. The lowest BCUT2D eigenvalue weighted by Crippen LogP contribution is -2.67. The van der Waals surface area contributed by atoms with Crippen molar-refractivity contribution in [3.8, 4) is 0 Å². The standard InChI is InChI=1S/C27H40O4/c1-15(2)17-14-27-12-9-20-25(3,10-6-11-26(20,4)24(30)31-5)21(27)13-16(17)22-18(28)7-8-19(29)23(22)27/h14-16,18,20-23,28H,6-13H2,1-5H3/t16-,18-,20+,21+,22-,23+,25-,26+,27-/m0/s1. The minimum atomic E-state index is -0.430. The molecule has 4 nitrogen and oxygen atoms in total. The van der Waals surface area contributed by atoms with Crippen LogP contribution in [-0.2, 0) is 14.3 Å². The van der Waals surface area contributed by atoms with E-state index in [0.717, 1.165) is 38.5 Å². The Bertz CT molecular complexity index is 829. The number of ether oxygens (including phenoxy) is 1. The van der Waals surface area contributed by atoms with E-state index in [9.17, 15) is 14.7 Å². The fourth-order valence-electron chi connectivity index (χ4n) is 9.78. The zero-order valence-corrected chi connectivity index (χ0v) is 19.9. The molecule has 2 bridgehead atoms. The number of carbonyl (C=O) groups is 2. The second kappa shape index (κ2) is 6.92. The number of Topliss-reactive ketones (excluding diaryl/α,β-unsaturated/α-hetero) is 1. The van der Waals surface area contributed by atoms with Gasteiger partial charge in [0.1, 0.15) is 5.78 Å². The van der Waals surface area contributed by atoms with E-state index in [1.165, 1.54) is 12.7 Å². The number of hydrogen-bond acceptors (Lipinski definition) is 4. The molecule has 0 aromatic carbocycles. The molecule has 4 fully saturated rings. The highest BCUT2D eigenvalue weighted by atomic mass is 16.5. The van der Waals surface area contributed by atoms with E-state index in [4.69, 9.17) is 4.74 Å². The predicted octanol–water partition coefficient (Wildman–Crippen LogP) is 4.94. The van der Waals surface area contributed by atoms with Gasteiger partial charge in [0.05, 0.1) is 18.6 Å². The molecule has 6 rings (SSSR count). The summed E-state index contributed by atoms with van der Waals surface area (Å²) in [4.78, 5) is 26.4. The van der Waals surface area contributed by atoms with Gasteiger partial charge in [0.25, 0.3) is 0 Å². The highest BCUT2D eigenvalue weighted by Gasteiger charge is 2.70. The molecule has 0 aromatic rings. The Labute approximate surface area is 187 Å². The van der Waals surface area contributed by atoms with Crippen LogP contribution in [0.4, 0.5) is 0 Å². The van der Waals surface area contributed by atoms with E-state index in [1.807, 2.05) is 0 Å². The maximum absolute atomic E-state index is 13.4. The van der Waals surface area contributed by atoms with Crippen molar-refractivity contribution in [2.24, 2.45) is 51.8 Å². The third-order valence-electron chi connectivity index (χ3n) is 10.9. The largest absolute Gasteiger partial charge is 0.469 e. The normalized spacial score (nSPS) is 50.9. The van der Waals surface area contributed by atoms with Gasteiger partial charge in [-0.2, -0.15) is 0 Å². The summed E-state index contributed by atoms with van der Waals surface area (Å²) in [6.45, 7) is 9.10. The molecule has 0 unspecified atom stereocenters. The number of methoxy groups -OCH3 is 1. The fourth-order valence-corrected chi connectivity index (χ4v) is 9.78. The topological polar surface area (TPSA) is 63.6 Å². The minimum absolute atomic E-state index is 0.0321. The summed E-state index contributed by atoms with van der Waals surface area (Å²) in [5, 5.41) is 11.1. The summed E-state index contributed by atoms with van der Waals surface area (Å²) in [6, 6.07) is 0. The second-order valence-electron chi connectivity index (χ2n) is 12.3. The van der Waals surface area contributed by atoms with Crippen LogP contribution in [0.5, 0.6) is 0 Å². The second-order valence-corrected chi connectivity index (χ2v) is 12.3. The Hall–Kier alpha value is -1.16. The van der Waals surface area contributed by atoms with Crippen molar-refractivity contribution in [2.75, 3.05) is 7.11 Å². The molecule has 1 spiro atoms. The van der Waals surface area contributed by atoms with E-state index < -0.39 is 5.41 Å². The molecule has 0 saturated heterocycles. The van der Waals surface area contributed by atoms with Crippen LogP contribution in [0.15, 0.2) is 11.6 Å². The summed E-state index contributed by atoms with van der Waals surface area (Å²) in [5.41, 5.74) is 0.946. The van der Waals surface area contributed by atoms with Crippen LogP contribution in [0.3, 0.4) is 0 Å². The van der Waals surface area contributed by atoms with Crippen molar-refractivity contribution in [2.45, 2.75) is 85.2 Å². The van der Waals surface area contributed by atoms with Gasteiger partial charge in [-0.25, -0.2) is 0 Å². The summed E-state index contributed by atoms with van der Waals surface area (Å²) in [6.07, 6.45) is 9.41. The van der Waals surface area contributed by atoms with Crippen LogP contribution in [0, 0.1) is 51.8 Å². The first-order valence-corrected chi connectivity index (χ1v) is 12.6. The molecular weight excluding hydrogens is 388 g/mol. The first-order chi connectivity index (χ1) is 14.6. The molecule has 0 amide bonds. The Balaban J connectivity index is 1.64. The number of allylic oxidation sites excluding steroid dienone is 2. The van der Waals surface area contributed by atoms with Crippen LogP contribution in [0.25, 0.3) is 0 Å². The van der Waals surface area contributed by atoms with Gasteiger partial charge in [-0.05, 0) is 74.5 Å². The Morgan fingerprint density at radius 1 is 1.16 bits per heavy atom. The van der Waals surface area contributed by atoms with Crippen molar-refractivity contribution in [3.05, 3.63) is 11.6 Å². The van der Waals surface area contributed by atoms with Gasteiger partial charge < -0.3 is 9.84 Å². The van der Waals surface area contributed by atoms with Crippen molar-refractivity contribution in [3.63, 3.8) is 0 Å². The zero-order valence-electron chi connectivity index (χ0n) is 19.9. The maximum atomic E-state index is 13.4. The van der Waals surface area contributed by atoms with E-state index in [0.29, 0.717) is 42.3 Å². The number of ketones is 1. The number of esters is 1. The fraction of sp³-hybridized carbons (Fsp3) is 0.852. The average molecular weight is 429 g/mol. The van der Waals surface area contributed by atoms with Gasteiger partial charge in [-0.3, -0.25) is 9.59 Å². The Kier molecular flexibility index (Phi) is 4.84. The third-order valence-corrected chi connectivity index (χ3v) is 10.9. The molecule has 0 aromatic heterocycles. The molecule has 172 valence electrons. The number of rotatable bonds is 2. The molecule has 1 N–H and O–H groups in total. The van der Waals surface area contributed by atoms with Gasteiger partial charge in [0.2, 0.25) is 0 Å². The van der Waals surface area contributed by atoms with Crippen molar-refractivity contribution >= 4 is 11.8 Å². The smallest absolute Gasteiger partial charge is 0.311 e. The van der Waals surface area contributed by atoms with Crippen LogP contribution < -0.4 is 0 Å². The lowest BCUT2D eigenvalue weighted by Gasteiger charge is -2.70. The molecule has 6 aliphatic carbocycles. The number of fused-ring (bicyclic) bond motifs is 1. The van der Waals surface area contributed by atoms with Gasteiger partial charge in [0, 0.05) is 23.7 Å². The quantitative estimate of drug-likeness (QED) is 0.500. The van der Waals surface area contributed by atoms with E-state index in [1.54, 1.807) is 0 Å². The van der Waals surface area contributed by atoms with E-state index in [2.05, 4.69) is 33.8 Å². The minimum Gasteiger partial charge on any atom is -0.469 e. The molecule has 6 aliphatic rings. The molecular formula is C27H40O4. The molecule has 4 heteroatoms. The van der Waals surface area contributed by atoms with Gasteiger partial charge >= 0.3 is 5.97 Å². The molecule has 4 saturated carbocycles. The van der Waals surface area contributed by atoms with Crippen LogP contribution in [0.1, 0.15) is 79.1 Å². The first kappa shape index (κ1) is 21.7. The van der Waals surface area contributed by atoms with Crippen LogP contribution in [-0.4, -0.2) is 30.1 Å². The van der Waals surface area contributed by atoms with E-state index >= 15 is 0 Å². The lowest BCUT2D eigenvalue weighted by molar-refractivity contribution is -0.209. The number of hydrogen-bond donors (Lipinski definition) is 1. The Morgan fingerprint density at radius 3 is 2.58 bits per heavy atom. The SMILES string of the molecule is COC(=O)[C@]1(C)CCC[C@]2(C)[C@H]3C[C@H]4C(C(C)C)=C[C@]3(CC[C@H]21)[C@@H]1C(=O)CC[C@H](O)[C@@H]14. The highest BCUT2D eigenvalue weighted by molar-refractivity contribution is 5.84. The zero-order chi connectivity index (χ0) is 22.3. The monoisotopic (exact) mass is 428 g/mol. The first-order valence-electron chi connectivity index (χ1n) is 12.6. The maximum Gasteiger partial charge on any atom is 0.311 e. The van der Waals surface area contributed by atoms with Crippen molar-refractivity contribution in [1.82, 2.24) is 0 Å². The average Bonchev–Trinajstić information content (AvgIpc) is 2.74. The van der Waals surface area contributed by atoms with Gasteiger partial charge in [-0.1, -0.05) is 38.8 Å². The molecule has 0 aliphatic heterocycles. The predicted molar refractivity (Wildman–Crippen MR) is 119 cm³/mol. The third kappa shape index (κ3) is 2.63. The summed E-state index contributed by atoms with van der Waals surface area (Å²) < 4.78 is 5.31. The number of aliphatic hydroxyl groups is 1. The van der Waals surface area contributed by atoms with E-state index in [-0.39, 0.29) is 34.7 Å². The summed E-state index contributed by atoms with van der Waals surface area (Å²) >= 11 is 0. The number of aliphatic hydroxyl groups excluding tert-OH is 1.